The second-order valence-corrected chi connectivity index (χ2v) is 6.13. The second kappa shape index (κ2) is 15.2. The maximum Gasteiger partial charge on any atom is 0.195 e. The monoisotopic (exact) mass is 381 g/mol. The molecule has 0 fully saturated rings. The lowest BCUT2D eigenvalue weighted by atomic mass is 10.3. The van der Waals surface area contributed by atoms with E-state index in [2.05, 4.69) is 15.6 Å². The largest absolute Gasteiger partial charge is 0.491 e. The molecule has 0 heterocycles. The molecular weight excluding hydrogens is 346 g/mol. The van der Waals surface area contributed by atoms with Crippen LogP contribution in [0.25, 0.3) is 0 Å². The molecule has 2 N–H and O–H groups in total. The van der Waals surface area contributed by atoms with E-state index >= 15 is 0 Å². The van der Waals surface area contributed by atoms with Crippen molar-refractivity contribution in [1.29, 1.82) is 0 Å². The van der Waals surface area contributed by atoms with Gasteiger partial charge in [-0.25, -0.2) is 0 Å². The van der Waals surface area contributed by atoms with Crippen LogP contribution in [0.2, 0.25) is 0 Å². The maximum atomic E-state index is 5.67. The molecule has 7 nitrogen and oxygen atoms in total. The van der Waals surface area contributed by atoms with Crippen LogP contribution in [0, 0.1) is 0 Å². The number of hydrogen-bond acceptors (Lipinski definition) is 5. The molecule has 154 valence electrons. The molecule has 0 bridgehead atoms. The summed E-state index contributed by atoms with van der Waals surface area (Å²) in [5.41, 5.74) is 0.949. The van der Waals surface area contributed by atoms with Gasteiger partial charge in [0.2, 0.25) is 0 Å². The van der Waals surface area contributed by atoms with Crippen LogP contribution in [0.15, 0.2) is 29.3 Å². The first-order valence-electron chi connectivity index (χ1n) is 9.62. The summed E-state index contributed by atoms with van der Waals surface area (Å²) in [6.07, 6.45) is 1.01. The molecule has 1 rings (SSSR count). The summed E-state index contributed by atoms with van der Waals surface area (Å²) in [6.45, 7) is 10.6. The van der Waals surface area contributed by atoms with Gasteiger partial charge < -0.3 is 29.6 Å². The molecule has 0 radical (unpaired) electrons. The number of ether oxygens (including phenoxy) is 4. The van der Waals surface area contributed by atoms with Crippen molar-refractivity contribution in [3.05, 3.63) is 24.3 Å². The van der Waals surface area contributed by atoms with E-state index in [1.54, 1.807) is 7.11 Å². The zero-order valence-electron chi connectivity index (χ0n) is 17.1. The lowest BCUT2D eigenvalue weighted by molar-refractivity contribution is 0.0702. The Morgan fingerprint density at radius 1 is 1.04 bits per heavy atom. The Balaban J connectivity index is 2.50. The maximum absolute atomic E-state index is 5.67. The van der Waals surface area contributed by atoms with Crippen LogP contribution in [-0.4, -0.2) is 65.3 Å². The smallest absolute Gasteiger partial charge is 0.195 e. The second-order valence-electron chi connectivity index (χ2n) is 6.13. The van der Waals surface area contributed by atoms with Gasteiger partial charge in [-0.2, -0.15) is 0 Å². The first-order chi connectivity index (χ1) is 13.2. The summed E-state index contributed by atoms with van der Waals surface area (Å²) in [5, 5.41) is 6.60. The average molecular weight is 382 g/mol. The van der Waals surface area contributed by atoms with Crippen molar-refractivity contribution in [2.45, 2.75) is 33.3 Å². The van der Waals surface area contributed by atoms with Crippen molar-refractivity contribution in [2.24, 2.45) is 4.99 Å². The standard InChI is InChI=1S/C20H35N3O4/c1-5-25-14-12-22-20(21-11-6-13-26-16-15-24-4)23-18-7-9-19(10-8-18)27-17(2)3/h7-10,17H,5-6,11-16H2,1-4H3,(H2,21,22,23). The first-order valence-corrected chi connectivity index (χ1v) is 9.62. The number of aliphatic imine (C=N–C) groups is 1. The molecule has 0 aliphatic rings. The minimum absolute atomic E-state index is 0.160. The van der Waals surface area contributed by atoms with Crippen molar-refractivity contribution in [1.82, 2.24) is 5.32 Å². The van der Waals surface area contributed by atoms with Crippen molar-refractivity contribution in [2.75, 3.05) is 58.6 Å². The highest BCUT2D eigenvalue weighted by molar-refractivity contribution is 5.93. The van der Waals surface area contributed by atoms with E-state index in [9.17, 15) is 0 Å². The number of benzene rings is 1. The molecule has 0 aliphatic heterocycles. The predicted octanol–water partition coefficient (Wildman–Crippen LogP) is 2.92. The number of guanidine groups is 1. The summed E-state index contributed by atoms with van der Waals surface area (Å²) in [6, 6.07) is 7.85. The average Bonchev–Trinajstić information content (AvgIpc) is 2.65. The van der Waals surface area contributed by atoms with Crippen LogP contribution in [0.3, 0.4) is 0 Å². The zero-order chi connectivity index (χ0) is 19.7. The minimum atomic E-state index is 0.160. The Morgan fingerprint density at radius 3 is 2.48 bits per heavy atom. The van der Waals surface area contributed by atoms with E-state index in [0.29, 0.717) is 46.1 Å². The lowest BCUT2D eigenvalue weighted by Crippen LogP contribution is -2.33. The third-order valence-electron chi connectivity index (χ3n) is 3.38. The number of hydrogen-bond donors (Lipinski definition) is 2. The highest BCUT2D eigenvalue weighted by atomic mass is 16.5. The van der Waals surface area contributed by atoms with Gasteiger partial charge in [-0.15, -0.1) is 0 Å². The Kier molecular flexibility index (Phi) is 13.1. The molecule has 1 aromatic carbocycles. The Labute approximate surface area is 163 Å². The van der Waals surface area contributed by atoms with E-state index in [1.807, 2.05) is 45.0 Å². The summed E-state index contributed by atoms with van der Waals surface area (Å²) >= 11 is 0. The van der Waals surface area contributed by atoms with Gasteiger partial charge >= 0.3 is 0 Å². The molecule has 1 aromatic rings. The molecule has 0 unspecified atom stereocenters. The van der Waals surface area contributed by atoms with Crippen molar-refractivity contribution >= 4 is 11.6 Å². The fraction of sp³-hybridized carbons (Fsp3) is 0.650. The van der Waals surface area contributed by atoms with Crippen molar-refractivity contribution in [3.63, 3.8) is 0 Å². The summed E-state index contributed by atoms with van der Waals surface area (Å²) in [7, 11) is 1.67. The van der Waals surface area contributed by atoms with E-state index in [1.165, 1.54) is 0 Å². The van der Waals surface area contributed by atoms with Gasteiger partial charge in [0.1, 0.15) is 5.75 Å². The number of nitrogens with one attached hydrogen (secondary N) is 2. The SMILES string of the molecule is CCOCCNC(=NCCCOCCOC)Nc1ccc(OC(C)C)cc1. The quantitative estimate of drug-likeness (QED) is 0.293. The van der Waals surface area contributed by atoms with Crippen molar-refractivity contribution < 1.29 is 18.9 Å². The first kappa shape index (κ1) is 23.2. The Morgan fingerprint density at radius 2 is 1.81 bits per heavy atom. The van der Waals surface area contributed by atoms with Crippen LogP contribution < -0.4 is 15.4 Å². The van der Waals surface area contributed by atoms with Gasteiger partial charge in [0.15, 0.2) is 5.96 Å². The predicted molar refractivity (Wildman–Crippen MR) is 110 cm³/mol. The summed E-state index contributed by atoms with van der Waals surface area (Å²) in [5.74, 6) is 1.58. The molecule has 0 spiro atoms. The van der Waals surface area contributed by atoms with Gasteiger partial charge in [0.25, 0.3) is 0 Å². The van der Waals surface area contributed by atoms with Crippen LogP contribution in [0.5, 0.6) is 5.75 Å². The molecule has 0 saturated carbocycles. The topological polar surface area (TPSA) is 73.3 Å². The summed E-state index contributed by atoms with van der Waals surface area (Å²) < 4.78 is 21.5. The third kappa shape index (κ3) is 12.2. The van der Waals surface area contributed by atoms with E-state index in [4.69, 9.17) is 18.9 Å². The van der Waals surface area contributed by atoms with E-state index < -0.39 is 0 Å². The Hall–Kier alpha value is -1.83. The summed E-state index contributed by atoms with van der Waals surface area (Å²) in [4.78, 5) is 4.60. The molecule has 0 atom stereocenters. The van der Waals surface area contributed by atoms with Crippen LogP contribution in [0.4, 0.5) is 5.69 Å². The number of methoxy groups -OCH3 is 1. The van der Waals surface area contributed by atoms with E-state index in [-0.39, 0.29) is 6.10 Å². The number of anilines is 1. The molecule has 7 heteroatoms. The zero-order valence-corrected chi connectivity index (χ0v) is 17.1. The fourth-order valence-electron chi connectivity index (χ4n) is 2.15. The fourth-order valence-corrected chi connectivity index (χ4v) is 2.15. The highest BCUT2D eigenvalue weighted by Crippen LogP contribution is 2.16. The molecule has 0 saturated heterocycles. The van der Waals surface area contributed by atoms with Crippen LogP contribution >= 0.6 is 0 Å². The third-order valence-corrected chi connectivity index (χ3v) is 3.38. The molecular formula is C20H35N3O4. The van der Waals surface area contributed by atoms with E-state index in [0.717, 1.165) is 23.8 Å². The molecule has 0 aromatic heterocycles. The normalized spacial score (nSPS) is 11.7. The minimum Gasteiger partial charge on any atom is -0.491 e. The lowest BCUT2D eigenvalue weighted by Gasteiger charge is -2.14. The molecule has 0 amide bonds. The van der Waals surface area contributed by atoms with Crippen LogP contribution in [0.1, 0.15) is 27.2 Å². The molecule has 0 aliphatic carbocycles. The van der Waals surface area contributed by atoms with Gasteiger partial charge in [0.05, 0.1) is 25.9 Å². The van der Waals surface area contributed by atoms with Gasteiger partial charge in [-0.3, -0.25) is 4.99 Å². The number of rotatable bonds is 14. The molecule has 27 heavy (non-hydrogen) atoms. The highest BCUT2D eigenvalue weighted by Gasteiger charge is 2.02. The van der Waals surface area contributed by atoms with Gasteiger partial charge in [-0.1, -0.05) is 0 Å². The number of nitrogens with zero attached hydrogens (tertiary/aromatic N) is 1. The van der Waals surface area contributed by atoms with Gasteiger partial charge in [0, 0.05) is 39.1 Å². The Bertz CT molecular complexity index is 506. The van der Waals surface area contributed by atoms with Gasteiger partial charge in [-0.05, 0) is 51.5 Å². The van der Waals surface area contributed by atoms with Crippen molar-refractivity contribution in [3.8, 4) is 5.75 Å². The van der Waals surface area contributed by atoms with Crippen LogP contribution in [-0.2, 0) is 14.2 Å².